The van der Waals surface area contributed by atoms with Gasteiger partial charge in [-0.05, 0) is 88.1 Å². The van der Waals surface area contributed by atoms with Crippen molar-refractivity contribution in [1.82, 2.24) is 4.90 Å². The molecule has 1 heteroatoms. The molecule has 156 valence electrons. The molecule has 0 amide bonds. The zero-order chi connectivity index (χ0) is 18.9. The van der Waals surface area contributed by atoms with Crippen molar-refractivity contribution in [3.8, 4) is 0 Å². The Hall–Kier alpha value is -0.300. The number of rotatable bonds is 8. The van der Waals surface area contributed by atoms with Crippen LogP contribution in [0.25, 0.3) is 0 Å². The lowest BCUT2D eigenvalue weighted by Crippen LogP contribution is -2.31. The zero-order valence-electron chi connectivity index (χ0n) is 18.4. The molecule has 2 aliphatic carbocycles. The second-order valence-corrected chi connectivity index (χ2v) is 10.2. The van der Waals surface area contributed by atoms with Gasteiger partial charge in [-0.2, -0.15) is 0 Å². The summed E-state index contributed by atoms with van der Waals surface area (Å²) in [5.74, 6) is 4.00. The second-order valence-electron chi connectivity index (χ2n) is 10.2. The third kappa shape index (κ3) is 6.91. The minimum Gasteiger partial charge on any atom is -0.299 e. The van der Waals surface area contributed by atoms with Crippen LogP contribution in [0.5, 0.6) is 0 Å². The number of hydrogen-bond donors (Lipinski definition) is 0. The Morgan fingerprint density at radius 3 is 1.96 bits per heavy atom. The van der Waals surface area contributed by atoms with Crippen LogP contribution in [0.4, 0.5) is 0 Å². The molecule has 2 saturated carbocycles. The van der Waals surface area contributed by atoms with Gasteiger partial charge < -0.3 is 0 Å². The van der Waals surface area contributed by atoms with Gasteiger partial charge in [-0.25, -0.2) is 0 Å². The van der Waals surface area contributed by atoms with Gasteiger partial charge in [-0.3, -0.25) is 4.90 Å². The van der Waals surface area contributed by atoms with Crippen LogP contribution in [-0.2, 0) is 0 Å². The molecule has 0 N–H and O–H groups in total. The highest BCUT2D eigenvalue weighted by Crippen LogP contribution is 2.43. The van der Waals surface area contributed by atoms with Crippen LogP contribution in [0.2, 0.25) is 0 Å². The van der Waals surface area contributed by atoms with Gasteiger partial charge in [0.1, 0.15) is 0 Å². The van der Waals surface area contributed by atoms with E-state index in [2.05, 4.69) is 18.4 Å². The number of hydrogen-bond acceptors (Lipinski definition) is 1. The Labute approximate surface area is 170 Å². The molecule has 1 aliphatic heterocycles. The summed E-state index contributed by atoms with van der Waals surface area (Å²) in [5.41, 5.74) is 1.56. The van der Waals surface area contributed by atoms with Gasteiger partial charge in [0, 0.05) is 6.54 Å². The average Bonchev–Trinajstić information content (AvgIpc) is 2.97. The maximum absolute atomic E-state index is 4.54. The summed E-state index contributed by atoms with van der Waals surface area (Å²) >= 11 is 0. The first kappa shape index (κ1) is 21.4. The Balaban J connectivity index is 1.33. The highest BCUT2D eigenvalue weighted by molar-refractivity contribution is 5.05. The molecule has 0 radical (unpaired) electrons. The molecule has 1 heterocycles. The molecule has 0 spiro atoms. The first-order valence-electron chi connectivity index (χ1n) is 12.7. The van der Waals surface area contributed by atoms with Crippen molar-refractivity contribution in [3.63, 3.8) is 0 Å². The second kappa shape index (κ2) is 11.6. The normalized spacial score (nSPS) is 33.5. The van der Waals surface area contributed by atoms with Crippen molar-refractivity contribution in [2.75, 3.05) is 19.6 Å². The number of likely N-dealkylation sites (tertiary alicyclic amines) is 1. The predicted octanol–water partition coefficient (Wildman–Crippen LogP) is 7.61. The summed E-state index contributed by atoms with van der Waals surface area (Å²) in [6, 6.07) is 0. The average molecular weight is 374 g/mol. The molecule has 1 nitrogen and oxygen atoms in total. The molecular formula is C26H47N. The lowest BCUT2D eigenvalue weighted by atomic mass is 9.68. The van der Waals surface area contributed by atoms with Gasteiger partial charge in [-0.1, -0.05) is 70.4 Å². The Morgan fingerprint density at radius 1 is 0.778 bits per heavy atom. The first-order valence-corrected chi connectivity index (χ1v) is 12.7. The molecule has 0 unspecified atom stereocenters. The smallest absolute Gasteiger partial charge is 0.0192 e. The fourth-order valence-electron chi connectivity index (χ4n) is 6.34. The Kier molecular flexibility index (Phi) is 9.23. The highest BCUT2D eigenvalue weighted by Gasteiger charge is 2.31. The van der Waals surface area contributed by atoms with Crippen molar-refractivity contribution >= 4 is 0 Å². The quantitative estimate of drug-likeness (QED) is 0.312. The molecule has 0 aromatic carbocycles. The highest BCUT2D eigenvalue weighted by atomic mass is 15.1. The van der Waals surface area contributed by atoms with E-state index in [1.165, 1.54) is 110 Å². The van der Waals surface area contributed by atoms with Crippen molar-refractivity contribution < 1.29 is 0 Å². The fourth-order valence-corrected chi connectivity index (χ4v) is 6.34. The van der Waals surface area contributed by atoms with E-state index in [1.807, 2.05) is 0 Å². The number of unbranched alkanes of at least 4 members (excludes halogenated alkanes) is 2. The maximum Gasteiger partial charge on any atom is 0.0192 e. The summed E-state index contributed by atoms with van der Waals surface area (Å²) < 4.78 is 0. The standard InChI is InChI=1S/C26H47N/c1-3-4-7-10-23-11-13-25(14-12-23)26-17-15-24(16-18-26)22(2)21-27-19-8-5-6-9-20-27/h23-26H,2-21H2,1H3. The monoisotopic (exact) mass is 373 g/mol. The van der Waals surface area contributed by atoms with E-state index in [9.17, 15) is 0 Å². The predicted molar refractivity (Wildman–Crippen MR) is 119 cm³/mol. The van der Waals surface area contributed by atoms with Crippen LogP contribution in [0, 0.1) is 23.7 Å². The van der Waals surface area contributed by atoms with Crippen LogP contribution in [0.3, 0.4) is 0 Å². The van der Waals surface area contributed by atoms with Gasteiger partial charge in [0.15, 0.2) is 0 Å². The summed E-state index contributed by atoms with van der Waals surface area (Å²) in [6.45, 7) is 10.7. The van der Waals surface area contributed by atoms with Crippen molar-refractivity contribution in [1.29, 1.82) is 0 Å². The van der Waals surface area contributed by atoms with Crippen LogP contribution >= 0.6 is 0 Å². The zero-order valence-corrected chi connectivity index (χ0v) is 18.4. The van der Waals surface area contributed by atoms with Gasteiger partial charge in [-0.15, -0.1) is 0 Å². The maximum atomic E-state index is 4.54. The summed E-state index contributed by atoms with van der Waals surface area (Å²) in [7, 11) is 0. The van der Waals surface area contributed by atoms with Crippen LogP contribution in [0.15, 0.2) is 12.2 Å². The first-order chi connectivity index (χ1) is 13.3. The lowest BCUT2D eigenvalue weighted by molar-refractivity contribution is 0.147. The summed E-state index contributed by atoms with van der Waals surface area (Å²) in [6.07, 6.45) is 23.5. The van der Waals surface area contributed by atoms with E-state index < -0.39 is 0 Å². The third-order valence-electron chi connectivity index (χ3n) is 8.25. The Bertz CT molecular complexity index is 404. The number of nitrogens with zero attached hydrogens (tertiary/aromatic N) is 1. The summed E-state index contributed by atoms with van der Waals surface area (Å²) in [4.78, 5) is 2.70. The van der Waals surface area contributed by atoms with Crippen LogP contribution in [-0.4, -0.2) is 24.5 Å². The van der Waals surface area contributed by atoms with E-state index in [-0.39, 0.29) is 0 Å². The SMILES string of the molecule is C=C(CN1CCCCCC1)C1CCC(C2CCC(CCCCC)CC2)CC1. The largest absolute Gasteiger partial charge is 0.299 e. The lowest BCUT2D eigenvalue weighted by Gasteiger charge is -2.39. The van der Waals surface area contributed by atoms with Crippen molar-refractivity contribution in [3.05, 3.63) is 12.2 Å². The van der Waals surface area contributed by atoms with E-state index in [0.717, 1.165) is 23.7 Å². The topological polar surface area (TPSA) is 3.24 Å². The molecule has 0 aromatic heterocycles. The summed E-state index contributed by atoms with van der Waals surface area (Å²) in [5, 5.41) is 0. The Morgan fingerprint density at radius 2 is 1.37 bits per heavy atom. The minimum absolute atomic E-state index is 0.829. The molecule has 3 rings (SSSR count). The van der Waals surface area contributed by atoms with Gasteiger partial charge in [0.25, 0.3) is 0 Å². The fraction of sp³-hybridized carbons (Fsp3) is 0.923. The van der Waals surface area contributed by atoms with Gasteiger partial charge >= 0.3 is 0 Å². The molecular weight excluding hydrogens is 326 g/mol. The van der Waals surface area contributed by atoms with Crippen LogP contribution < -0.4 is 0 Å². The third-order valence-corrected chi connectivity index (χ3v) is 8.25. The van der Waals surface area contributed by atoms with E-state index in [4.69, 9.17) is 0 Å². The van der Waals surface area contributed by atoms with Crippen molar-refractivity contribution in [2.24, 2.45) is 23.7 Å². The molecule has 27 heavy (non-hydrogen) atoms. The van der Waals surface area contributed by atoms with Crippen LogP contribution in [0.1, 0.15) is 110 Å². The molecule has 3 aliphatic rings. The van der Waals surface area contributed by atoms with Gasteiger partial charge in [0.05, 0.1) is 0 Å². The van der Waals surface area contributed by atoms with E-state index in [1.54, 1.807) is 18.4 Å². The van der Waals surface area contributed by atoms with Gasteiger partial charge in [0.2, 0.25) is 0 Å². The van der Waals surface area contributed by atoms with E-state index >= 15 is 0 Å². The molecule has 0 bridgehead atoms. The minimum atomic E-state index is 0.829. The molecule has 0 atom stereocenters. The molecule has 0 aromatic rings. The molecule has 1 saturated heterocycles. The van der Waals surface area contributed by atoms with Crippen molar-refractivity contribution in [2.45, 2.75) is 110 Å². The molecule has 3 fully saturated rings. The van der Waals surface area contributed by atoms with E-state index in [0.29, 0.717) is 0 Å².